The molecule has 0 radical (unpaired) electrons. The minimum atomic E-state index is -0.868. The lowest BCUT2D eigenvalue weighted by molar-refractivity contribution is -0.231. The summed E-state index contributed by atoms with van der Waals surface area (Å²) in [4.78, 5) is 29.1. The number of hydrogen-bond acceptors (Lipinski definition) is 9. The summed E-state index contributed by atoms with van der Waals surface area (Å²) in [5.74, 6) is -0.188. The summed E-state index contributed by atoms with van der Waals surface area (Å²) >= 11 is 0. The Kier molecular flexibility index (Phi) is 8.77. The summed E-state index contributed by atoms with van der Waals surface area (Å²) in [6.07, 6.45) is 1.14. The Hall–Kier alpha value is -3.45. The van der Waals surface area contributed by atoms with Gasteiger partial charge in [0.15, 0.2) is 5.82 Å². The molecule has 3 N–H and O–H groups in total. The molecule has 1 aliphatic rings. The molecule has 0 unspecified atom stereocenters. The van der Waals surface area contributed by atoms with E-state index >= 15 is 0 Å². The average Bonchev–Trinajstić information content (AvgIpc) is 3.35. The first-order valence-corrected chi connectivity index (χ1v) is 11.9. The molecule has 0 saturated carbocycles. The molecule has 0 atom stereocenters. The van der Waals surface area contributed by atoms with Gasteiger partial charge in [-0.05, 0) is 37.3 Å². The topological polar surface area (TPSA) is 141 Å². The Morgan fingerprint density at radius 3 is 2.68 bits per heavy atom. The van der Waals surface area contributed by atoms with Crippen LogP contribution in [0.5, 0.6) is 6.01 Å². The van der Waals surface area contributed by atoms with Crippen molar-refractivity contribution >= 4 is 5.91 Å². The normalized spacial score (nSPS) is 19.5. The van der Waals surface area contributed by atoms with Gasteiger partial charge in [0.05, 0.1) is 48.9 Å². The van der Waals surface area contributed by atoms with Crippen LogP contribution in [0, 0.1) is 11.2 Å². The molecule has 2 aromatic heterocycles. The zero-order valence-electron chi connectivity index (χ0n) is 20.7. The quantitative estimate of drug-likeness (QED) is 0.328. The maximum atomic E-state index is 13.6. The van der Waals surface area contributed by atoms with E-state index in [-0.39, 0.29) is 44.2 Å². The maximum Gasteiger partial charge on any atom is 0.316 e. The molecule has 1 fully saturated rings. The highest BCUT2D eigenvalue weighted by Gasteiger charge is 2.40. The van der Waals surface area contributed by atoms with Crippen molar-refractivity contribution in [3.8, 4) is 28.7 Å². The number of rotatable bonds is 11. The highest BCUT2D eigenvalue weighted by molar-refractivity contribution is 5.82. The number of methoxy groups -OCH3 is 1. The summed E-state index contributed by atoms with van der Waals surface area (Å²) in [5, 5.41) is 11.8. The first kappa shape index (κ1) is 26.6. The van der Waals surface area contributed by atoms with E-state index in [4.69, 9.17) is 24.1 Å². The number of halogens is 1. The van der Waals surface area contributed by atoms with Gasteiger partial charge in [-0.15, -0.1) is 0 Å². The highest BCUT2D eigenvalue weighted by atomic mass is 19.1. The molecule has 0 spiro atoms. The first-order valence-electron chi connectivity index (χ1n) is 11.9. The molecule has 3 aromatic rings. The lowest BCUT2D eigenvalue weighted by Gasteiger charge is -2.35. The van der Waals surface area contributed by atoms with Crippen LogP contribution < -0.4 is 10.1 Å². The van der Waals surface area contributed by atoms with Gasteiger partial charge in [-0.1, -0.05) is 0 Å². The Labute approximate surface area is 213 Å². The van der Waals surface area contributed by atoms with Gasteiger partial charge in [0.25, 0.3) is 0 Å². The van der Waals surface area contributed by atoms with Crippen molar-refractivity contribution in [2.45, 2.75) is 19.6 Å². The van der Waals surface area contributed by atoms with Gasteiger partial charge < -0.3 is 34.4 Å². The van der Waals surface area contributed by atoms with Gasteiger partial charge >= 0.3 is 6.01 Å². The third-order valence-corrected chi connectivity index (χ3v) is 5.73. The van der Waals surface area contributed by atoms with Crippen LogP contribution in [-0.2, 0) is 19.0 Å². The number of imidazole rings is 1. The Balaban J connectivity index is 1.58. The van der Waals surface area contributed by atoms with Gasteiger partial charge in [-0.25, -0.2) is 14.4 Å². The number of benzene rings is 1. The van der Waals surface area contributed by atoms with Crippen LogP contribution in [0.3, 0.4) is 0 Å². The van der Waals surface area contributed by atoms with Gasteiger partial charge in [-0.3, -0.25) is 4.79 Å². The third kappa shape index (κ3) is 6.46. The van der Waals surface area contributed by atoms with Crippen LogP contribution in [0.1, 0.15) is 25.5 Å². The zero-order valence-corrected chi connectivity index (χ0v) is 20.7. The van der Waals surface area contributed by atoms with Gasteiger partial charge in [-0.2, -0.15) is 4.98 Å². The van der Waals surface area contributed by atoms with Crippen LogP contribution in [0.2, 0.25) is 0 Å². The number of H-pyrrole nitrogens is 1. The van der Waals surface area contributed by atoms with Crippen molar-refractivity contribution in [3.05, 3.63) is 48.2 Å². The highest BCUT2D eigenvalue weighted by Crippen LogP contribution is 2.35. The monoisotopic (exact) mass is 515 g/mol. The summed E-state index contributed by atoms with van der Waals surface area (Å²) in [6, 6.07) is 7.75. The van der Waals surface area contributed by atoms with E-state index in [0.29, 0.717) is 48.0 Å². The van der Waals surface area contributed by atoms with Gasteiger partial charge in [0, 0.05) is 38.4 Å². The lowest BCUT2D eigenvalue weighted by atomic mass is 9.91. The fraction of sp³-hybridized carbons (Fsp3) is 0.440. The number of aliphatic hydroxyl groups is 1. The largest absolute Gasteiger partial charge is 0.463 e. The van der Waals surface area contributed by atoms with Crippen molar-refractivity contribution in [1.82, 2.24) is 25.3 Å². The maximum absolute atomic E-state index is 13.6. The molecule has 4 rings (SSSR count). The van der Waals surface area contributed by atoms with Crippen LogP contribution >= 0.6 is 0 Å². The molecule has 12 heteroatoms. The number of aliphatic hydroxyl groups excluding tert-OH is 1. The third-order valence-electron chi connectivity index (χ3n) is 5.73. The van der Waals surface area contributed by atoms with E-state index in [9.17, 15) is 9.18 Å². The molecule has 1 amide bonds. The second-order valence-electron chi connectivity index (χ2n) is 8.77. The number of amides is 1. The van der Waals surface area contributed by atoms with Gasteiger partial charge in [0.1, 0.15) is 5.82 Å². The van der Waals surface area contributed by atoms with E-state index in [1.807, 2.05) is 0 Å². The lowest BCUT2D eigenvalue weighted by Crippen LogP contribution is -2.49. The molecular formula is C25H30FN5O6. The first-order chi connectivity index (χ1) is 17.9. The summed E-state index contributed by atoms with van der Waals surface area (Å²) in [6.45, 7) is 3.06. The minimum absolute atomic E-state index is 0.00639. The predicted octanol–water partition coefficient (Wildman–Crippen LogP) is 2.25. The molecule has 37 heavy (non-hydrogen) atoms. The van der Waals surface area contributed by atoms with Crippen molar-refractivity contribution in [2.24, 2.45) is 5.41 Å². The van der Waals surface area contributed by atoms with E-state index in [2.05, 4.69) is 25.3 Å². The summed E-state index contributed by atoms with van der Waals surface area (Å²) in [7, 11) is 1.57. The Morgan fingerprint density at radius 2 is 1.97 bits per heavy atom. The number of aromatic amines is 1. The number of aromatic nitrogens is 4. The summed E-state index contributed by atoms with van der Waals surface area (Å²) < 4.78 is 35.9. The van der Waals surface area contributed by atoms with E-state index < -0.39 is 11.7 Å². The van der Waals surface area contributed by atoms with Crippen LogP contribution in [-0.4, -0.2) is 77.6 Å². The molecule has 1 aromatic carbocycles. The Morgan fingerprint density at radius 1 is 1.22 bits per heavy atom. The predicted molar refractivity (Wildman–Crippen MR) is 130 cm³/mol. The number of ether oxygens (including phenoxy) is 4. The summed E-state index contributed by atoms with van der Waals surface area (Å²) in [5.41, 5.74) is 1.32. The van der Waals surface area contributed by atoms with Crippen molar-refractivity contribution in [1.29, 1.82) is 0 Å². The van der Waals surface area contributed by atoms with E-state index in [1.165, 1.54) is 12.1 Å². The zero-order chi connectivity index (χ0) is 26.3. The second-order valence-corrected chi connectivity index (χ2v) is 8.77. The number of hydrogen-bond donors (Lipinski definition) is 3. The molecule has 1 aliphatic heterocycles. The number of nitrogens with one attached hydrogen (secondary N) is 2. The van der Waals surface area contributed by atoms with Crippen LogP contribution in [0.15, 0.2) is 36.5 Å². The van der Waals surface area contributed by atoms with Gasteiger partial charge in [0.2, 0.25) is 12.2 Å². The second kappa shape index (κ2) is 12.2. The molecule has 0 aliphatic carbocycles. The molecule has 1 saturated heterocycles. The van der Waals surface area contributed by atoms with Crippen molar-refractivity contribution < 1.29 is 33.2 Å². The number of carbonyl (C=O) groups excluding carboxylic acids is 1. The standard InChI is InChI=1S/C25H30FN5O6/c1-25(23(33)27-10-13-34-2)14-36-22(37-15-25)21-30-19(16-4-6-17(26)7-5-16)20(31-21)18-8-9-28-24(29-18)35-12-3-11-32/h4-9,22,32H,3,10-15H2,1-2H3,(H,27,33)(H,30,31). The van der Waals surface area contributed by atoms with Crippen LogP contribution in [0.4, 0.5) is 4.39 Å². The Bertz CT molecular complexity index is 1180. The average molecular weight is 516 g/mol. The fourth-order valence-electron chi connectivity index (χ4n) is 3.66. The van der Waals surface area contributed by atoms with E-state index in [1.54, 1.807) is 38.4 Å². The smallest absolute Gasteiger partial charge is 0.316 e. The molecule has 198 valence electrons. The molecule has 0 bridgehead atoms. The number of nitrogens with zero attached hydrogens (tertiary/aromatic N) is 3. The van der Waals surface area contributed by atoms with Crippen molar-refractivity contribution in [2.75, 3.05) is 46.7 Å². The van der Waals surface area contributed by atoms with Crippen molar-refractivity contribution in [3.63, 3.8) is 0 Å². The minimum Gasteiger partial charge on any atom is -0.463 e. The SMILES string of the molecule is COCCNC(=O)C1(C)COC(c2nc(-c3ccc(F)cc3)c(-c3ccnc(OCCCO)n3)[nH]2)OC1. The molecule has 11 nitrogen and oxygen atoms in total. The molecule has 3 heterocycles. The molecular weight excluding hydrogens is 485 g/mol. The fourth-order valence-corrected chi connectivity index (χ4v) is 3.66. The number of carbonyl (C=O) groups is 1. The van der Waals surface area contributed by atoms with E-state index in [0.717, 1.165) is 0 Å². The van der Waals surface area contributed by atoms with Crippen LogP contribution in [0.25, 0.3) is 22.6 Å².